The third-order valence-corrected chi connectivity index (χ3v) is 34.5. The number of aryl methyl sites for hydroxylation is 5. The van der Waals surface area contributed by atoms with E-state index in [4.69, 9.17) is 24.4 Å². The second kappa shape index (κ2) is 56.1. The summed E-state index contributed by atoms with van der Waals surface area (Å²) in [4.78, 5) is 36.1. The molecule has 148 heavy (non-hydrogen) atoms. The zero-order valence-electron chi connectivity index (χ0n) is 89.0. The normalized spacial score (nSPS) is 11.6. The predicted molar refractivity (Wildman–Crippen MR) is 622 cm³/mol. The number of furan rings is 1. The molecule has 0 spiro atoms. The van der Waals surface area contributed by atoms with Crippen molar-refractivity contribution in [3.8, 4) is 90.1 Å². The number of aromatic nitrogens is 8. The molecule has 0 bridgehead atoms. The number of fused-ring (bicyclic) bond motifs is 6. The van der Waals surface area contributed by atoms with Crippen LogP contribution in [0, 0.1) is 82.1 Å². The van der Waals surface area contributed by atoms with E-state index < -0.39 is 32.3 Å². The SMILES string of the molecule is CC(C)c1cc(-c2[c-]cc3sc4ccccc4c3c2)ncc1[Si](C)(C)C.CCc1cc(-c2[c-]cc3oc4ccccc4c3c2)ncc1[Si](C)(C)C.Cc1[c-]c(-c2cc(C3CCCC3)c([Si](C)(C)C)cn2)cc(C)c1.Cc1[c-]c(-c2cc(CC(C)C)c([Si](C)(C)C)cn2)cc(C)c1.[Ir].[Ir].[Ir].[Ir].[c-]1ccccc1-c1ccccn1.[c-]1ccccc1-c1ccccn1.[c-]1ccccc1-c1ccccn1.[c-]1ccccc1-c1ccccn1. The average Bonchev–Trinajstić information content (AvgIpc) is 1.57. The Balaban J connectivity index is 0.000000176. The maximum Gasteiger partial charge on any atom is 0.120 e. The van der Waals surface area contributed by atoms with Gasteiger partial charge in [0.2, 0.25) is 0 Å². The van der Waals surface area contributed by atoms with Crippen LogP contribution in [0.2, 0.25) is 78.6 Å². The number of hydrogen-bond donors (Lipinski definition) is 0. The van der Waals surface area contributed by atoms with E-state index >= 15 is 0 Å². The molecule has 0 saturated heterocycles. The summed E-state index contributed by atoms with van der Waals surface area (Å²) >= 11 is 1.83. The summed E-state index contributed by atoms with van der Waals surface area (Å²) in [6.45, 7) is 48.7. The van der Waals surface area contributed by atoms with Crippen LogP contribution in [-0.4, -0.2) is 72.2 Å². The van der Waals surface area contributed by atoms with Gasteiger partial charge in [-0.1, -0.05) is 296 Å². The van der Waals surface area contributed by atoms with E-state index in [0.717, 1.165) is 131 Å². The van der Waals surface area contributed by atoms with Gasteiger partial charge in [-0.2, -0.15) is 11.3 Å². The van der Waals surface area contributed by atoms with Gasteiger partial charge >= 0.3 is 0 Å². The molecule has 1 aliphatic carbocycles. The number of nitrogens with zero attached hydrogens (tertiary/aromatic N) is 8. The fourth-order valence-electron chi connectivity index (χ4n) is 18.1. The van der Waals surface area contributed by atoms with Crippen LogP contribution in [0.1, 0.15) is 117 Å². The second-order valence-corrected chi connectivity index (χ2v) is 63.0. The number of rotatable bonds is 17. The summed E-state index contributed by atoms with van der Waals surface area (Å²) in [6.07, 6.45) is 23.3. The molecule has 1 fully saturated rings. The molecule has 0 N–H and O–H groups in total. The smallest absolute Gasteiger partial charge is 0.120 e. The molecular weight excluding hydrogens is 2600 g/mol. The molecule has 0 atom stereocenters. The average molecular weight is 2740 g/mol. The molecule has 9 nitrogen and oxygen atoms in total. The molecule has 20 aromatic rings. The van der Waals surface area contributed by atoms with Crippen LogP contribution in [-0.2, 0) is 93.3 Å². The topological polar surface area (TPSA) is 116 Å². The van der Waals surface area contributed by atoms with Crippen LogP contribution in [0.5, 0.6) is 0 Å². The van der Waals surface area contributed by atoms with E-state index in [1.54, 1.807) is 35.5 Å². The molecule has 21 rings (SSSR count). The van der Waals surface area contributed by atoms with Crippen molar-refractivity contribution in [1.82, 2.24) is 39.9 Å². The van der Waals surface area contributed by atoms with E-state index in [1.807, 2.05) is 205 Å². The van der Waals surface area contributed by atoms with Crippen molar-refractivity contribution in [2.24, 2.45) is 5.92 Å². The first-order valence-electron chi connectivity index (χ1n) is 50.4. The van der Waals surface area contributed by atoms with Crippen molar-refractivity contribution >= 4 is 106 Å². The summed E-state index contributed by atoms with van der Waals surface area (Å²) in [7, 11) is -5.51. The molecule has 10 aromatic carbocycles. The van der Waals surface area contributed by atoms with Gasteiger partial charge in [0.1, 0.15) is 5.58 Å². The summed E-state index contributed by atoms with van der Waals surface area (Å²) in [5.74, 6) is 1.90. The quantitative estimate of drug-likeness (QED) is 0.0649. The van der Waals surface area contributed by atoms with Gasteiger partial charge in [-0.15, -0.1) is 261 Å². The van der Waals surface area contributed by atoms with Gasteiger partial charge in [0, 0.05) is 140 Å². The first-order chi connectivity index (χ1) is 69.2. The van der Waals surface area contributed by atoms with Crippen molar-refractivity contribution in [1.29, 1.82) is 0 Å². The Labute approximate surface area is 943 Å². The van der Waals surface area contributed by atoms with Crippen LogP contribution in [0.3, 0.4) is 0 Å². The number of thiophene rings is 1. The first kappa shape index (κ1) is 119. The fraction of sp³-hybridized carbons (Fsp3) is 0.231. The minimum absolute atomic E-state index is 0. The van der Waals surface area contributed by atoms with Crippen molar-refractivity contribution in [3.63, 3.8) is 0 Å². The number of hydrogen-bond acceptors (Lipinski definition) is 10. The standard InChI is InChI=1S/C23H24NSSi.C22H22NOSi.C21H28NSi.C20H28NSi.4C11H8N.4Ir/c1-15(2)18-13-20(24-14-23(18)26(3,4)5)16-10-11-22-19(12-16)17-8-6-7-9-21(17)25-22;1-5-15-13-19(23-14-22(15)25(2,3)4)16-10-11-21-18(12-16)17-8-6-7-9-20(17)24-21;1-15-10-16(2)12-18(11-15)20-13-19(17-8-6-7-9-17)21(14-22-20)23(3,4)5;1-14(2)8-18-12-19(21-13-20(18)22(5,6)7)17-10-15(3)9-16(4)11-17;4*1-2-6-10(7-3-1)11-8-4-5-9-12-11;;;;/h6-9,11-15H,1-5H3;6-9,11-14H,5H2,1-4H3;10-11,13-14,17H,6-9H2,1-5H3;9-10,12-14H,8H2,1-7H3;4*1-6,8-9H;;;;/q8*-1;;;;. The first-order valence-corrected chi connectivity index (χ1v) is 65.2. The minimum Gasteiger partial charge on any atom is -0.500 e. The monoisotopic (exact) mass is 2740 g/mol. The van der Waals surface area contributed by atoms with Crippen LogP contribution >= 0.6 is 11.3 Å². The van der Waals surface area contributed by atoms with Gasteiger partial charge in [-0.25, -0.2) is 0 Å². The zero-order chi connectivity index (χ0) is 102. The van der Waals surface area contributed by atoms with Crippen LogP contribution in [0.25, 0.3) is 132 Å². The van der Waals surface area contributed by atoms with Gasteiger partial charge in [0.05, 0.1) is 37.9 Å². The van der Waals surface area contributed by atoms with Gasteiger partial charge in [-0.05, 0) is 156 Å². The molecule has 0 unspecified atom stereocenters. The van der Waals surface area contributed by atoms with Crippen molar-refractivity contribution in [2.45, 2.75) is 191 Å². The molecule has 4 radical (unpaired) electrons. The molecule has 766 valence electrons. The van der Waals surface area contributed by atoms with Gasteiger partial charge in [0.25, 0.3) is 0 Å². The Morgan fingerprint density at radius 1 is 0.324 bits per heavy atom. The Kier molecular flexibility index (Phi) is 45.0. The van der Waals surface area contributed by atoms with Crippen molar-refractivity contribution < 1.29 is 84.8 Å². The fourth-order valence-corrected chi connectivity index (χ4v) is 25.7. The third-order valence-electron chi connectivity index (χ3n) is 25.1. The molecule has 1 saturated carbocycles. The molecule has 18 heteroatoms. The number of benzene rings is 10. The van der Waals surface area contributed by atoms with Crippen molar-refractivity contribution in [2.75, 3.05) is 0 Å². The predicted octanol–water partition coefficient (Wildman–Crippen LogP) is 32.6. The van der Waals surface area contributed by atoms with Gasteiger partial charge in [0.15, 0.2) is 0 Å². The summed E-state index contributed by atoms with van der Waals surface area (Å²) in [5.41, 5.74) is 29.2. The summed E-state index contributed by atoms with van der Waals surface area (Å²) in [5, 5.41) is 10.9. The van der Waals surface area contributed by atoms with E-state index in [2.05, 4.69) is 331 Å². The van der Waals surface area contributed by atoms with E-state index in [9.17, 15) is 0 Å². The molecule has 1 aliphatic rings. The maximum atomic E-state index is 5.91. The Bertz CT molecular complexity index is 7060. The number of pyridine rings is 8. The van der Waals surface area contributed by atoms with Gasteiger partial charge in [-0.3, -0.25) is 0 Å². The Hall–Kier alpha value is -11.1. The summed E-state index contributed by atoms with van der Waals surface area (Å²) < 4.78 is 8.53. The van der Waals surface area contributed by atoms with E-state index in [-0.39, 0.29) is 80.4 Å². The van der Waals surface area contributed by atoms with E-state index in [1.165, 1.54) is 100 Å². The van der Waals surface area contributed by atoms with E-state index in [0.29, 0.717) is 11.8 Å². The zero-order valence-corrected chi connectivity index (χ0v) is 103. The molecule has 0 aliphatic heterocycles. The number of para-hydroxylation sites is 1. The second-order valence-electron chi connectivity index (χ2n) is 41.8. The molecule has 10 heterocycles. The third kappa shape index (κ3) is 33.2. The molecular formula is C130H134Ir4N8OSSi4-8. The van der Waals surface area contributed by atoms with Gasteiger partial charge < -0.3 is 44.3 Å². The minimum atomic E-state index is -1.40. The Morgan fingerprint density at radius 2 is 0.703 bits per heavy atom. The van der Waals surface area contributed by atoms with Crippen LogP contribution in [0.4, 0.5) is 0 Å². The van der Waals surface area contributed by atoms with Crippen LogP contribution < -0.4 is 20.7 Å². The Morgan fingerprint density at radius 3 is 1.11 bits per heavy atom. The summed E-state index contributed by atoms with van der Waals surface area (Å²) in [6, 6.07) is 124. The van der Waals surface area contributed by atoms with Crippen LogP contribution in [0.15, 0.2) is 345 Å². The molecule has 10 aromatic heterocycles. The maximum absolute atomic E-state index is 5.91. The molecule has 0 amide bonds. The van der Waals surface area contributed by atoms with Crippen molar-refractivity contribution in [3.05, 3.63) is 434 Å². The largest absolute Gasteiger partial charge is 0.500 e.